The maximum Gasteiger partial charge on any atom is 0.410 e. The van der Waals surface area contributed by atoms with Gasteiger partial charge in [-0.05, 0) is 46.8 Å². The zero-order chi connectivity index (χ0) is 18.9. The molecule has 0 radical (unpaired) electrons. The van der Waals surface area contributed by atoms with Crippen molar-refractivity contribution >= 4 is 27.7 Å². The quantitative estimate of drug-likeness (QED) is 0.691. The molecule has 1 aromatic rings. The summed E-state index contributed by atoms with van der Waals surface area (Å²) in [7, 11) is 0. The Morgan fingerprint density at radius 2 is 1.96 bits per heavy atom. The molecule has 136 valence electrons. The molecule has 0 aliphatic carbocycles. The van der Waals surface area contributed by atoms with Gasteiger partial charge in [-0.2, -0.15) is 5.26 Å². The molecule has 1 saturated heterocycles. The number of anilines is 1. The van der Waals surface area contributed by atoms with Crippen molar-refractivity contribution in [3.8, 4) is 6.07 Å². The van der Waals surface area contributed by atoms with Gasteiger partial charge < -0.3 is 14.5 Å². The van der Waals surface area contributed by atoms with Crippen LogP contribution in [0.1, 0.15) is 40.2 Å². The van der Waals surface area contributed by atoms with Crippen LogP contribution in [0.15, 0.2) is 16.6 Å². The van der Waals surface area contributed by atoms with E-state index in [0.717, 1.165) is 0 Å². The number of halogens is 2. The molecule has 5 nitrogen and oxygen atoms in total. The van der Waals surface area contributed by atoms with Crippen LogP contribution in [0, 0.1) is 17.1 Å². The van der Waals surface area contributed by atoms with Crippen molar-refractivity contribution in [2.75, 3.05) is 18.0 Å². The van der Waals surface area contributed by atoms with E-state index in [9.17, 15) is 14.4 Å². The van der Waals surface area contributed by atoms with Crippen molar-refractivity contribution in [1.82, 2.24) is 4.90 Å². The van der Waals surface area contributed by atoms with Crippen molar-refractivity contribution in [3.63, 3.8) is 0 Å². The summed E-state index contributed by atoms with van der Waals surface area (Å²) >= 11 is 3.29. The molecule has 2 atom stereocenters. The molecule has 2 rings (SSSR count). The van der Waals surface area contributed by atoms with E-state index in [1.165, 1.54) is 6.07 Å². The van der Waals surface area contributed by atoms with Crippen LogP contribution in [0.4, 0.5) is 14.9 Å². The number of carbonyl (C=O) groups is 1. The maximum atomic E-state index is 14.1. The van der Waals surface area contributed by atoms with Gasteiger partial charge in [-0.25, -0.2) is 9.18 Å². The molecular weight excluding hydrogens is 389 g/mol. The molecule has 0 saturated carbocycles. The predicted octanol–water partition coefficient (Wildman–Crippen LogP) is 4.29. The minimum absolute atomic E-state index is 0.0213. The van der Waals surface area contributed by atoms with E-state index < -0.39 is 11.4 Å². The number of nitrogens with zero attached hydrogens (tertiary/aromatic N) is 3. The number of amides is 1. The van der Waals surface area contributed by atoms with E-state index in [-0.39, 0.29) is 23.7 Å². The number of rotatable bonds is 1. The summed E-state index contributed by atoms with van der Waals surface area (Å²) in [4.78, 5) is 16.1. The molecule has 0 spiro atoms. The fourth-order valence-electron chi connectivity index (χ4n) is 2.93. The van der Waals surface area contributed by atoms with E-state index in [1.807, 2.05) is 45.6 Å². The first-order valence-corrected chi connectivity index (χ1v) is 8.98. The Kier molecular flexibility index (Phi) is 5.62. The van der Waals surface area contributed by atoms with Gasteiger partial charge in [-0.15, -0.1) is 0 Å². The predicted molar refractivity (Wildman–Crippen MR) is 98.0 cm³/mol. The van der Waals surface area contributed by atoms with Gasteiger partial charge in [0, 0.05) is 29.6 Å². The average molecular weight is 412 g/mol. The Hall–Kier alpha value is -1.81. The molecule has 0 N–H and O–H groups in total. The summed E-state index contributed by atoms with van der Waals surface area (Å²) in [6, 6.07) is 4.77. The van der Waals surface area contributed by atoms with E-state index in [2.05, 4.69) is 15.9 Å². The summed E-state index contributed by atoms with van der Waals surface area (Å²) in [6.07, 6.45) is -0.354. The SMILES string of the molecule is CC1CN(c2cc(Br)cc(F)c2C#N)C(C)CN1C(=O)OC(C)(C)C. The number of hydrogen-bond donors (Lipinski definition) is 0. The summed E-state index contributed by atoms with van der Waals surface area (Å²) in [5, 5.41) is 9.32. The lowest BCUT2D eigenvalue weighted by Crippen LogP contribution is -2.59. The summed E-state index contributed by atoms with van der Waals surface area (Å²) in [6.45, 7) is 10.3. The van der Waals surface area contributed by atoms with Gasteiger partial charge in [0.25, 0.3) is 0 Å². The van der Waals surface area contributed by atoms with Gasteiger partial charge >= 0.3 is 6.09 Å². The standard InChI is InChI=1S/C18H23BrFN3O2/c1-11-10-23(17(24)25-18(3,4)5)12(2)9-22(11)16-7-13(19)6-15(20)14(16)8-21/h6-7,11-12H,9-10H2,1-5H3. The molecule has 1 amide bonds. The molecule has 1 aliphatic rings. The molecule has 25 heavy (non-hydrogen) atoms. The Morgan fingerprint density at radius 3 is 2.52 bits per heavy atom. The van der Waals surface area contributed by atoms with Crippen LogP contribution in [-0.2, 0) is 4.74 Å². The van der Waals surface area contributed by atoms with Gasteiger partial charge in [0.2, 0.25) is 0 Å². The van der Waals surface area contributed by atoms with Crippen LogP contribution >= 0.6 is 15.9 Å². The topological polar surface area (TPSA) is 56.6 Å². The smallest absolute Gasteiger partial charge is 0.410 e. The zero-order valence-corrected chi connectivity index (χ0v) is 16.7. The Morgan fingerprint density at radius 1 is 1.32 bits per heavy atom. The molecule has 1 fully saturated rings. The van der Waals surface area contributed by atoms with Gasteiger partial charge in [0.1, 0.15) is 23.1 Å². The zero-order valence-electron chi connectivity index (χ0n) is 15.1. The third-order valence-electron chi connectivity index (χ3n) is 4.07. The minimum atomic E-state index is -0.557. The number of ether oxygens (including phenoxy) is 1. The molecule has 0 aromatic heterocycles. The normalized spacial score (nSPS) is 21.0. The van der Waals surface area contributed by atoms with E-state index in [1.54, 1.807) is 11.0 Å². The second kappa shape index (κ2) is 7.20. The van der Waals surface area contributed by atoms with Crippen molar-refractivity contribution in [2.24, 2.45) is 0 Å². The molecule has 2 unspecified atom stereocenters. The Bertz CT molecular complexity index is 711. The number of benzene rings is 1. The van der Waals surface area contributed by atoms with E-state index in [0.29, 0.717) is 23.2 Å². The van der Waals surface area contributed by atoms with Gasteiger partial charge in [0.05, 0.1) is 5.69 Å². The van der Waals surface area contributed by atoms with E-state index in [4.69, 9.17) is 4.74 Å². The number of piperazine rings is 1. The third kappa shape index (κ3) is 4.43. The van der Waals surface area contributed by atoms with Gasteiger partial charge in [0.15, 0.2) is 0 Å². The summed E-state index contributed by atoms with van der Waals surface area (Å²) in [5.41, 5.74) is 0.00371. The first kappa shape index (κ1) is 19.5. The lowest BCUT2D eigenvalue weighted by Gasteiger charge is -2.45. The van der Waals surface area contributed by atoms with Crippen LogP contribution in [0.2, 0.25) is 0 Å². The van der Waals surface area contributed by atoms with Crippen LogP contribution in [0.25, 0.3) is 0 Å². The van der Waals surface area contributed by atoms with Crippen LogP contribution < -0.4 is 4.90 Å². The lowest BCUT2D eigenvalue weighted by atomic mass is 10.0. The van der Waals surface area contributed by atoms with Gasteiger partial charge in [-0.3, -0.25) is 0 Å². The summed E-state index contributed by atoms with van der Waals surface area (Å²) < 4.78 is 20.2. The monoisotopic (exact) mass is 411 g/mol. The fraction of sp³-hybridized carbons (Fsp3) is 0.556. The van der Waals surface area contributed by atoms with E-state index >= 15 is 0 Å². The molecule has 1 heterocycles. The molecule has 7 heteroatoms. The number of carbonyl (C=O) groups excluding carboxylic acids is 1. The molecule has 1 aromatic carbocycles. The largest absolute Gasteiger partial charge is 0.444 e. The van der Waals surface area contributed by atoms with Crippen molar-refractivity contribution in [3.05, 3.63) is 28.0 Å². The maximum absolute atomic E-state index is 14.1. The Balaban J connectivity index is 2.27. The highest BCUT2D eigenvalue weighted by Gasteiger charge is 2.35. The Labute approximate surface area is 156 Å². The van der Waals surface area contributed by atoms with Crippen LogP contribution in [-0.4, -0.2) is 41.8 Å². The third-order valence-corrected chi connectivity index (χ3v) is 4.53. The van der Waals surface area contributed by atoms with Gasteiger partial charge in [-0.1, -0.05) is 15.9 Å². The highest BCUT2D eigenvalue weighted by Crippen LogP contribution is 2.31. The van der Waals surface area contributed by atoms with Crippen LogP contribution in [0.5, 0.6) is 0 Å². The highest BCUT2D eigenvalue weighted by molar-refractivity contribution is 9.10. The second-order valence-corrected chi connectivity index (χ2v) is 8.29. The fourth-order valence-corrected chi connectivity index (χ4v) is 3.35. The first-order chi connectivity index (χ1) is 11.5. The molecule has 1 aliphatic heterocycles. The first-order valence-electron chi connectivity index (χ1n) is 8.19. The molecular formula is C18H23BrFN3O2. The molecule has 0 bridgehead atoms. The van der Waals surface area contributed by atoms with Crippen molar-refractivity contribution in [2.45, 2.75) is 52.3 Å². The number of hydrogen-bond acceptors (Lipinski definition) is 4. The highest BCUT2D eigenvalue weighted by atomic mass is 79.9. The summed E-state index contributed by atoms with van der Waals surface area (Å²) in [5.74, 6) is -0.554. The number of nitriles is 1. The van der Waals surface area contributed by atoms with Crippen molar-refractivity contribution < 1.29 is 13.9 Å². The van der Waals surface area contributed by atoms with Crippen LogP contribution in [0.3, 0.4) is 0 Å². The lowest BCUT2D eigenvalue weighted by molar-refractivity contribution is 0.0130. The second-order valence-electron chi connectivity index (χ2n) is 7.38. The van der Waals surface area contributed by atoms with Crippen molar-refractivity contribution in [1.29, 1.82) is 5.26 Å². The average Bonchev–Trinajstić information content (AvgIpc) is 2.46. The minimum Gasteiger partial charge on any atom is -0.444 e.